The minimum absolute atomic E-state index is 0.0464. The molecule has 0 heterocycles. The average molecular weight is 217 g/mol. The zero-order valence-electron chi connectivity index (χ0n) is 6.88. The van der Waals surface area contributed by atoms with Gasteiger partial charge in [-0.1, -0.05) is 11.6 Å². The minimum atomic E-state index is -1.02. The largest absolute Gasteiger partial charge is 0.351 e. The van der Waals surface area contributed by atoms with Crippen LogP contribution in [-0.2, 0) is 0 Å². The lowest BCUT2D eigenvalue weighted by Crippen LogP contribution is -2.35. The lowest BCUT2D eigenvalue weighted by molar-refractivity contribution is 0.0966. The van der Waals surface area contributed by atoms with Crippen molar-refractivity contribution in [2.24, 2.45) is 5.73 Å². The van der Waals surface area contributed by atoms with E-state index < -0.39 is 17.8 Å². The zero-order chi connectivity index (χ0) is 10.7. The number of hydrogen-bond donors (Lipinski definition) is 2. The van der Waals surface area contributed by atoms with Crippen molar-refractivity contribution in [2.75, 3.05) is 0 Å². The molecule has 0 aliphatic heterocycles. The molecule has 3 N–H and O–H groups in total. The Hall–Kier alpha value is -1.62. The molecule has 14 heavy (non-hydrogen) atoms. The van der Waals surface area contributed by atoms with E-state index in [1.54, 1.807) is 5.32 Å². The molecule has 0 unspecified atom stereocenters. The van der Waals surface area contributed by atoms with Crippen LogP contribution in [0, 0.1) is 5.82 Å². The second kappa shape index (κ2) is 4.06. The molecule has 1 rings (SSSR count). The van der Waals surface area contributed by atoms with Gasteiger partial charge in [-0.15, -0.1) is 0 Å². The summed E-state index contributed by atoms with van der Waals surface area (Å²) in [6, 6.07) is 2.21. The molecule has 4 nitrogen and oxygen atoms in total. The fourth-order valence-corrected chi connectivity index (χ4v) is 1.05. The standard InChI is InChI=1S/C8H6ClFN2O2/c9-6-2-1-4(10)3-5(6)7(13)12-8(11)14/h1-3H,(H3,11,12,13,14). The van der Waals surface area contributed by atoms with Crippen molar-refractivity contribution < 1.29 is 14.0 Å². The van der Waals surface area contributed by atoms with Crippen molar-refractivity contribution in [3.05, 3.63) is 34.6 Å². The first-order chi connectivity index (χ1) is 6.50. The molecule has 6 heteroatoms. The van der Waals surface area contributed by atoms with Crippen LogP contribution in [0.2, 0.25) is 5.02 Å². The maximum Gasteiger partial charge on any atom is 0.319 e. The third kappa shape index (κ3) is 2.43. The highest BCUT2D eigenvalue weighted by atomic mass is 35.5. The van der Waals surface area contributed by atoms with Gasteiger partial charge in [-0.3, -0.25) is 10.1 Å². The second-order valence-electron chi connectivity index (χ2n) is 2.44. The highest BCUT2D eigenvalue weighted by molar-refractivity contribution is 6.34. The molecule has 0 aliphatic rings. The van der Waals surface area contributed by atoms with E-state index in [2.05, 4.69) is 0 Å². The van der Waals surface area contributed by atoms with Gasteiger partial charge in [-0.25, -0.2) is 9.18 Å². The third-order valence-electron chi connectivity index (χ3n) is 1.41. The molecule has 0 aliphatic carbocycles. The van der Waals surface area contributed by atoms with E-state index in [9.17, 15) is 14.0 Å². The Morgan fingerprint density at radius 3 is 2.64 bits per heavy atom. The maximum atomic E-state index is 12.7. The number of imide groups is 1. The lowest BCUT2D eigenvalue weighted by atomic mass is 10.2. The molecule has 74 valence electrons. The SMILES string of the molecule is NC(=O)NC(=O)c1cc(F)ccc1Cl. The average Bonchev–Trinajstić information content (AvgIpc) is 2.08. The van der Waals surface area contributed by atoms with E-state index in [-0.39, 0.29) is 10.6 Å². The summed E-state index contributed by atoms with van der Waals surface area (Å²) in [7, 11) is 0. The smallest absolute Gasteiger partial charge is 0.319 e. The second-order valence-corrected chi connectivity index (χ2v) is 2.85. The first-order valence-corrected chi connectivity index (χ1v) is 3.94. The summed E-state index contributed by atoms with van der Waals surface area (Å²) in [6.45, 7) is 0. The van der Waals surface area contributed by atoms with Crippen LogP contribution in [0.5, 0.6) is 0 Å². The number of halogens is 2. The summed E-state index contributed by atoms with van der Waals surface area (Å²) in [6.07, 6.45) is 0. The topological polar surface area (TPSA) is 72.2 Å². The maximum absolute atomic E-state index is 12.7. The van der Waals surface area contributed by atoms with Gasteiger partial charge >= 0.3 is 6.03 Å². The number of urea groups is 1. The molecular weight excluding hydrogens is 211 g/mol. The van der Waals surface area contributed by atoms with Crippen LogP contribution in [0.1, 0.15) is 10.4 Å². The molecule has 0 saturated carbocycles. The first kappa shape index (κ1) is 10.5. The number of carbonyl (C=O) groups excluding carboxylic acids is 2. The van der Waals surface area contributed by atoms with Gasteiger partial charge in [0.25, 0.3) is 5.91 Å². The van der Waals surface area contributed by atoms with Gasteiger partial charge in [-0.05, 0) is 18.2 Å². The predicted molar refractivity (Wildman–Crippen MR) is 48.5 cm³/mol. The van der Waals surface area contributed by atoms with Gasteiger partial charge in [0.15, 0.2) is 0 Å². The van der Waals surface area contributed by atoms with Gasteiger partial charge in [0.2, 0.25) is 0 Å². The highest BCUT2D eigenvalue weighted by Gasteiger charge is 2.12. The van der Waals surface area contributed by atoms with Crippen molar-refractivity contribution in [1.82, 2.24) is 5.32 Å². The van der Waals surface area contributed by atoms with Gasteiger partial charge in [0.1, 0.15) is 5.82 Å². The van der Waals surface area contributed by atoms with Gasteiger partial charge in [0, 0.05) is 0 Å². The number of carbonyl (C=O) groups is 2. The number of benzene rings is 1. The minimum Gasteiger partial charge on any atom is -0.351 e. The molecular formula is C8H6ClFN2O2. The fourth-order valence-electron chi connectivity index (χ4n) is 0.851. The lowest BCUT2D eigenvalue weighted by Gasteiger charge is -2.02. The molecule has 0 bridgehead atoms. The fraction of sp³-hybridized carbons (Fsp3) is 0. The normalized spacial score (nSPS) is 9.57. The summed E-state index contributed by atoms with van der Waals surface area (Å²) in [5.74, 6) is -1.45. The van der Waals surface area contributed by atoms with Crippen LogP contribution < -0.4 is 11.1 Å². The molecule has 0 radical (unpaired) electrons. The van der Waals surface area contributed by atoms with Crippen LogP contribution in [0.4, 0.5) is 9.18 Å². The highest BCUT2D eigenvalue weighted by Crippen LogP contribution is 2.16. The molecule has 0 spiro atoms. The first-order valence-electron chi connectivity index (χ1n) is 3.56. The van der Waals surface area contributed by atoms with Crippen LogP contribution in [-0.4, -0.2) is 11.9 Å². The van der Waals surface area contributed by atoms with Crippen molar-refractivity contribution in [1.29, 1.82) is 0 Å². The van der Waals surface area contributed by atoms with Gasteiger partial charge < -0.3 is 5.73 Å². The van der Waals surface area contributed by atoms with E-state index in [0.29, 0.717) is 0 Å². The monoisotopic (exact) mass is 216 g/mol. The molecule has 0 saturated heterocycles. The van der Waals surface area contributed by atoms with Crippen LogP contribution in [0.3, 0.4) is 0 Å². The summed E-state index contributed by atoms with van der Waals surface area (Å²) in [5, 5.41) is 1.82. The summed E-state index contributed by atoms with van der Waals surface area (Å²) < 4.78 is 12.7. The number of nitrogens with one attached hydrogen (secondary N) is 1. The zero-order valence-corrected chi connectivity index (χ0v) is 7.64. The number of rotatable bonds is 1. The number of hydrogen-bond acceptors (Lipinski definition) is 2. The molecule has 3 amide bonds. The van der Waals surface area contributed by atoms with E-state index in [0.717, 1.165) is 12.1 Å². The molecule has 0 fully saturated rings. The summed E-state index contributed by atoms with van der Waals surface area (Å²) in [4.78, 5) is 21.5. The van der Waals surface area contributed by atoms with E-state index in [4.69, 9.17) is 17.3 Å². The van der Waals surface area contributed by atoms with Gasteiger partial charge in [-0.2, -0.15) is 0 Å². The van der Waals surface area contributed by atoms with Crippen LogP contribution >= 0.6 is 11.6 Å². The number of primary amides is 1. The van der Waals surface area contributed by atoms with E-state index in [1.807, 2.05) is 0 Å². The molecule has 1 aromatic rings. The van der Waals surface area contributed by atoms with Crippen molar-refractivity contribution >= 4 is 23.5 Å². The Bertz CT molecular complexity index is 395. The number of amides is 3. The molecule has 1 aromatic carbocycles. The quantitative estimate of drug-likeness (QED) is 0.743. The molecule has 0 atom stereocenters. The third-order valence-corrected chi connectivity index (χ3v) is 1.74. The Morgan fingerprint density at radius 1 is 1.43 bits per heavy atom. The van der Waals surface area contributed by atoms with E-state index >= 15 is 0 Å². The van der Waals surface area contributed by atoms with Crippen LogP contribution in [0.25, 0.3) is 0 Å². The molecule has 0 aromatic heterocycles. The van der Waals surface area contributed by atoms with Crippen LogP contribution in [0.15, 0.2) is 18.2 Å². The van der Waals surface area contributed by atoms with Gasteiger partial charge in [0.05, 0.1) is 10.6 Å². The van der Waals surface area contributed by atoms with Crippen molar-refractivity contribution in [3.8, 4) is 0 Å². The van der Waals surface area contributed by atoms with E-state index in [1.165, 1.54) is 6.07 Å². The Balaban J connectivity index is 3.00. The Morgan fingerprint density at radius 2 is 2.07 bits per heavy atom. The Kier molecular flexibility index (Phi) is 3.03. The summed E-state index contributed by atoms with van der Waals surface area (Å²) in [5.41, 5.74) is 4.58. The Labute approximate surface area is 83.8 Å². The predicted octanol–water partition coefficient (Wildman–Crippen LogP) is 1.29. The summed E-state index contributed by atoms with van der Waals surface area (Å²) >= 11 is 5.59. The van der Waals surface area contributed by atoms with Crippen molar-refractivity contribution in [2.45, 2.75) is 0 Å². The number of nitrogens with two attached hydrogens (primary N) is 1. The van der Waals surface area contributed by atoms with Crippen molar-refractivity contribution in [3.63, 3.8) is 0 Å².